The maximum absolute atomic E-state index is 13.1. The average Bonchev–Trinajstić information content (AvgIpc) is 3.18. The standard InChI is InChI=1S/C21H26N4O2/c1-12(2)27-19-9-7-6-8-16(19)21(26)24-10-17-18(11-24)23-25-15(5)13(3)14(4)22-20(17)25/h6-9,12-13,15H,10-11H2,1-5H3. The van der Waals surface area contributed by atoms with Crippen LogP contribution in [0.25, 0.3) is 0 Å². The van der Waals surface area contributed by atoms with Crippen molar-refractivity contribution in [2.75, 3.05) is 0 Å². The Bertz CT molecular complexity index is 928. The number of aromatic nitrogens is 2. The first-order chi connectivity index (χ1) is 12.9. The van der Waals surface area contributed by atoms with Gasteiger partial charge < -0.3 is 9.64 Å². The maximum atomic E-state index is 13.1. The van der Waals surface area contributed by atoms with Crippen LogP contribution in [0.4, 0.5) is 5.82 Å². The van der Waals surface area contributed by atoms with Crippen LogP contribution in [-0.4, -0.2) is 32.4 Å². The summed E-state index contributed by atoms with van der Waals surface area (Å²) in [6.07, 6.45) is 0.0165. The molecule has 1 aromatic heterocycles. The molecule has 0 saturated heterocycles. The molecule has 142 valence electrons. The first kappa shape index (κ1) is 17.8. The number of fused-ring (bicyclic) bond motifs is 3. The topological polar surface area (TPSA) is 59.7 Å². The van der Waals surface area contributed by atoms with Gasteiger partial charge in [0.25, 0.3) is 5.91 Å². The highest BCUT2D eigenvalue weighted by Crippen LogP contribution is 2.39. The van der Waals surface area contributed by atoms with Crippen LogP contribution >= 0.6 is 0 Å². The van der Waals surface area contributed by atoms with E-state index in [0.29, 0.717) is 30.3 Å². The van der Waals surface area contributed by atoms with Crippen LogP contribution in [-0.2, 0) is 13.1 Å². The second-order valence-electron chi connectivity index (χ2n) is 7.80. The average molecular weight is 366 g/mol. The van der Waals surface area contributed by atoms with E-state index in [4.69, 9.17) is 14.8 Å². The quantitative estimate of drug-likeness (QED) is 0.821. The predicted molar refractivity (Wildman–Crippen MR) is 105 cm³/mol. The van der Waals surface area contributed by atoms with E-state index >= 15 is 0 Å². The second kappa shape index (κ2) is 6.51. The zero-order valence-electron chi connectivity index (χ0n) is 16.6. The van der Waals surface area contributed by atoms with Gasteiger partial charge >= 0.3 is 0 Å². The number of benzene rings is 1. The molecule has 1 amide bonds. The summed E-state index contributed by atoms with van der Waals surface area (Å²) in [5.41, 5.74) is 3.75. The lowest BCUT2D eigenvalue weighted by atomic mass is 9.97. The smallest absolute Gasteiger partial charge is 0.258 e. The monoisotopic (exact) mass is 366 g/mol. The second-order valence-corrected chi connectivity index (χ2v) is 7.80. The molecule has 0 fully saturated rings. The van der Waals surface area contributed by atoms with Crippen LogP contribution < -0.4 is 4.74 Å². The molecule has 2 unspecified atom stereocenters. The summed E-state index contributed by atoms with van der Waals surface area (Å²) in [7, 11) is 0. The van der Waals surface area contributed by atoms with E-state index < -0.39 is 0 Å². The molecule has 2 aliphatic heterocycles. The summed E-state index contributed by atoms with van der Waals surface area (Å²) in [6.45, 7) is 11.4. The SMILES string of the molecule is CC1=Nc2c3c(nn2C(C)C1C)CN(C(=O)c1ccccc1OC(C)C)C3. The Morgan fingerprint density at radius 1 is 1.22 bits per heavy atom. The van der Waals surface area contributed by atoms with Crippen LogP contribution in [0.1, 0.15) is 62.3 Å². The van der Waals surface area contributed by atoms with Gasteiger partial charge in [-0.05, 0) is 39.8 Å². The van der Waals surface area contributed by atoms with E-state index in [1.807, 2.05) is 47.7 Å². The lowest BCUT2D eigenvalue weighted by molar-refractivity contribution is 0.0742. The highest BCUT2D eigenvalue weighted by Gasteiger charge is 2.35. The van der Waals surface area contributed by atoms with Gasteiger partial charge in [-0.1, -0.05) is 19.1 Å². The lowest BCUT2D eigenvalue weighted by Gasteiger charge is -2.27. The number of carbonyl (C=O) groups is 1. The molecule has 0 aliphatic carbocycles. The maximum Gasteiger partial charge on any atom is 0.258 e. The molecule has 4 rings (SSSR count). The lowest BCUT2D eigenvalue weighted by Crippen LogP contribution is -2.28. The summed E-state index contributed by atoms with van der Waals surface area (Å²) in [5, 5.41) is 4.78. The third-order valence-electron chi connectivity index (χ3n) is 5.57. The van der Waals surface area contributed by atoms with Crippen molar-refractivity contribution in [3.8, 4) is 5.75 Å². The number of rotatable bonds is 3. The molecule has 6 nitrogen and oxygen atoms in total. The number of ether oxygens (including phenoxy) is 1. The van der Waals surface area contributed by atoms with Crippen molar-refractivity contribution in [3.05, 3.63) is 41.1 Å². The van der Waals surface area contributed by atoms with E-state index in [2.05, 4.69) is 20.8 Å². The molecule has 2 aliphatic rings. The zero-order chi connectivity index (χ0) is 19.3. The van der Waals surface area contributed by atoms with Crippen molar-refractivity contribution in [1.29, 1.82) is 0 Å². The molecule has 2 aromatic rings. The minimum absolute atomic E-state index is 0.0165. The van der Waals surface area contributed by atoms with Gasteiger partial charge in [-0.25, -0.2) is 9.67 Å². The molecule has 0 saturated carbocycles. The van der Waals surface area contributed by atoms with Crippen molar-refractivity contribution in [1.82, 2.24) is 14.7 Å². The van der Waals surface area contributed by atoms with E-state index in [-0.39, 0.29) is 18.1 Å². The van der Waals surface area contributed by atoms with Crippen LogP contribution in [0.2, 0.25) is 0 Å². The fourth-order valence-electron chi connectivity index (χ4n) is 3.77. The number of hydrogen-bond acceptors (Lipinski definition) is 4. The fraction of sp³-hybridized carbons (Fsp3) is 0.476. The van der Waals surface area contributed by atoms with Gasteiger partial charge in [-0.3, -0.25) is 4.79 Å². The number of aliphatic imine (C=N–C) groups is 1. The van der Waals surface area contributed by atoms with E-state index in [1.165, 1.54) is 0 Å². The molecule has 2 atom stereocenters. The molecular formula is C21H26N4O2. The Morgan fingerprint density at radius 2 is 1.96 bits per heavy atom. The Balaban J connectivity index is 1.62. The van der Waals surface area contributed by atoms with Gasteiger partial charge in [0.1, 0.15) is 5.75 Å². The van der Waals surface area contributed by atoms with E-state index in [9.17, 15) is 4.79 Å². The molecule has 0 radical (unpaired) electrons. The first-order valence-corrected chi connectivity index (χ1v) is 9.57. The molecule has 0 spiro atoms. The van der Waals surface area contributed by atoms with E-state index in [1.54, 1.807) is 0 Å². The summed E-state index contributed by atoms with van der Waals surface area (Å²) in [4.78, 5) is 19.8. The van der Waals surface area contributed by atoms with Gasteiger partial charge in [-0.2, -0.15) is 5.10 Å². The number of hydrogen-bond donors (Lipinski definition) is 0. The first-order valence-electron chi connectivity index (χ1n) is 9.57. The number of para-hydroxylation sites is 1. The van der Waals surface area contributed by atoms with Crippen molar-refractivity contribution in [2.24, 2.45) is 10.9 Å². The molecule has 3 heterocycles. The normalized spacial score (nSPS) is 21.1. The highest BCUT2D eigenvalue weighted by atomic mass is 16.5. The zero-order valence-corrected chi connectivity index (χ0v) is 16.6. The summed E-state index contributed by atoms with van der Waals surface area (Å²) in [5.74, 6) is 1.89. The molecule has 0 N–H and O–H groups in total. The minimum Gasteiger partial charge on any atom is -0.490 e. The Labute approximate surface area is 159 Å². The van der Waals surface area contributed by atoms with Crippen LogP contribution in [0.5, 0.6) is 5.75 Å². The molecule has 0 bridgehead atoms. The molecule has 6 heteroatoms. The summed E-state index contributed by atoms with van der Waals surface area (Å²) >= 11 is 0. The number of nitrogens with zero attached hydrogens (tertiary/aromatic N) is 4. The van der Waals surface area contributed by atoms with Gasteiger partial charge in [0.05, 0.1) is 36.5 Å². The largest absolute Gasteiger partial charge is 0.490 e. The number of amides is 1. The Kier molecular flexibility index (Phi) is 4.29. The van der Waals surface area contributed by atoms with Gasteiger partial charge in [0.15, 0.2) is 5.82 Å². The van der Waals surface area contributed by atoms with Gasteiger partial charge in [0, 0.05) is 17.2 Å². The van der Waals surface area contributed by atoms with Gasteiger partial charge in [-0.15, -0.1) is 0 Å². The third kappa shape index (κ3) is 2.93. The fourth-order valence-corrected chi connectivity index (χ4v) is 3.77. The molecule has 1 aromatic carbocycles. The third-order valence-corrected chi connectivity index (χ3v) is 5.57. The van der Waals surface area contributed by atoms with Crippen molar-refractivity contribution in [3.63, 3.8) is 0 Å². The van der Waals surface area contributed by atoms with E-state index in [0.717, 1.165) is 22.8 Å². The van der Waals surface area contributed by atoms with Crippen LogP contribution in [0.3, 0.4) is 0 Å². The van der Waals surface area contributed by atoms with Crippen molar-refractivity contribution < 1.29 is 9.53 Å². The van der Waals surface area contributed by atoms with Crippen molar-refractivity contribution in [2.45, 2.75) is 59.9 Å². The van der Waals surface area contributed by atoms with Gasteiger partial charge in [0.2, 0.25) is 0 Å². The number of carbonyl (C=O) groups excluding carboxylic acids is 1. The minimum atomic E-state index is -0.0269. The Morgan fingerprint density at radius 3 is 2.70 bits per heavy atom. The molecular weight excluding hydrogens is 340 g/mol. The Hall–Kier alpha value is -2.63. The van der Waals surface area contributed by atoms with Crippen LogP contribution in [0.15, 0.2) is 29.3 Å². The summed E-state index contributed by atoms with van der Waals surface area (Å²) in [6, 6.07) is 7.72. The predicted octanol–water partition coefficient (Wildman–Crippen LogP) is 4.13. The van der Waals surface area contributed by atoms with Crippen LogP contribution in [0, 0.1) is 5.92 Å². The molecule has 27 heavy (non-hydrogen) atoms. The summed E-state index contributed by atoms with van der Waals surface area (Å²) < 4.78 is 7.85. The van der Waals surface area contributed by atoms with Crippen molar-refractivity contribution >= 4 is 17.4 Å². The highest BCUT2D eigenvalue weighted by molar-refractivity contribution is 5.97.